The monoisotopic (exact) mass is 293 g/mol. The van der Waals surface area contributed by atoms with Gasteiger partial charge in [0.2, 0.25) is 0 Å². The maximum absolute atomic E-state index is 9.03. The number of hydrogen-bond acceptors (Lipinski definition) is 3. The minimum absolute atomic E-state index is 0.145. The molecule has 1 rings (SSSR count). The van der Waals surface area contributed by atoms with Crippen LogP contribution in [0.25, 0.3) is 0 Å². The summed E-state index contributed by atoms with van der Waals surface area (Å²) in [5.74, 6) is 0.867. The van der Waals surface area contributed by atoms with E-state index >= 15 is 0 Å². The third-order valence-electron chi connectivity index (χ3n) is 3.89. The third kappa shape index (κ3) is 6.49. The Balaban J connectivity index is 2.58. The highest BCUT2D eigenvalue weighted by Crippen LogP contribution is 2.22. The molecule has 0 saturated carbocycles. The largest absolute Gasteiger partial charge is 0.488 e. The quantitative estimate of drug-likeness (QED) is 0.756. The fourth-order valence-electron chi connectivity index (χ4n) is 2.40. The predicted octanol–water partition coefficient (Wildman–Crippen LogP) is 3.50. The highest BCUT2D eigenvalue weighted by atomic mass is 16.5. The zero-order chi connectivity index (χ0) is 15.9. The lowest BCUT2D eigenvalue weighted by Crippen LogP contribution is -2.31. The first-order valence-electron chi connectivity index (χ1n) is 7.97. The Morgan fingerprint density at radius 2 is 1.86 bits per heavy atom. The van der Waals surface area contributed by atoms with Crippen LogP contribution in [-0.2, 0) is 6.42 Å². The van der Waals surface area contributed by atoms with Crippen molar-refractivity contribution < 1.29 is 9.84 Å². The SMILES string of the molecule is CCCN(C)C(C)Cc1ccc(OC(C)(C)CCO)cc1. The lowest BCUT2D eigenvalue weighted by molar-refractivity contribution is 0.0765. The Kier molecular flexibility index (Phi) is 7.20. The maximum atomic E-state index is 9.03. The first-order chi connectivity index (χ1) is 9.88. The Morgan fingerprint density at radius 1 is 1.24 bits per heavy atom. The van der Waals surface area contributed by atoms with Crippen LogP contribution in [0.1, 0.15) is 46.1 Å². The molecule has 1 atom stereocenters. The fraction of sp³-hybridized carbons (Fsp3) is 0.667. The summed E-state index contributed by atoms with van der Waals surface area (Å²) in [4.78, 5) is 2.40. The molecule has 120 valence electrons. The third-order valence-corrected chi connectivity index (χ3v) is 3.89. The van der Waals surface area contributed by atoms with Gasteiger partial charge in [0.15, 0.2) is 0 Å². The van der Waals surface area contributed by atoms with E-state index in [4.69, 9.17) is 9.84 Å². The van der Waals surface area contributed by atoms with Gasteiger partial charge in [-0.25, -0.2) is 0 Å². The Hall–Kier alpha value is -1.06. The van der Waals surface area contributed by atoms with E-state index in [0.29, 0.717) is 12.5 Å². The normalized spacial score (nSPS) is 13.5. The number of rotatable bonds is 9. The summed E-state index contributed by atoms with van der Waals surface area (Å²) >= 11 is 0. The molecule has 21 heavy (non-hydrogen) atoms. The van der Waals surface area contributed by atoms with Gasteiger partial charge < -0.3 is 14.7 Å². The second-order valence-corrected chi connectivity index (χ2v) is 6.51. The molecule has 0 aliphatic carbocycles. The predicted molar refractivity (Wildman–Crippen MR) is 88.9 cm³/mol. The number of hydrogen-bond donors (Lipinski definition) is 1. The summed E-state index contributed by atoms with van der Waals surface area (Å²) in [6.07, 6.45) is 2.87. The van der Waals surface area contributed by atoms with Crippen LogP contribution in [0, 0.1) is 0 Å². The van der Waals surface area contributed by atoms with Crippen LogP contribution >= 0.6 is 0 Å². The summed E-state index contributed by atoms with van der Waals surface area (Å²) in [5.41, 5.74) is 1.00. The highest BCUT2D eigenvalue weighted by Gasteiger charge is 2.19. The second-order valence-electron chi connectivity index (χ2n) is 6.51. The van der Waals surface area contributed by atoms with Gasteiger partial charge >= 0.3 is 0 Å². The molecular weight excluding hydrogens is 262 g/mol. The van der Waals surface area contributed by atoms with E-state index in [0.717, 1.165) is 18.7 Å². The highest BCUT2D eigenvalue weighted by molar-refractivity contribution is 5.28. The molecule has 0 fully saturated rings. The lowest BCUT2D eigenvalue weighted by atomic mass is 10.0. The Morgan fingerprint density at radius 3 is 2.38 bits per heavy atom. The number of aliphatic hydroxyl groups is 1. The maximum Gasteiger partial charge on any atom is 0.120 e. The number of benzene rings is 1. The van der Waals surface area contributed by atoms with E-state index in [1.54, 1.807) is 0 Å². The van der Waals surface area contributed by atoms with Crippen molar-refractivity contribution in [3.05, 3.63) is 29.8 Å². The molecule has 0 heterocycles. The average molecular weight is 293 g/mol. The van der Waals surface area contributed by atoms with Gasteiger partial charge in [-0.05, 0) is 64.9 Å². The Bertz CT molecular complexity index is 400. The standard InChI is InChI=1S/C18H31NO2/c1-6-12-19(5)15(2)14-16-7-9-17(10-8-16)21-18(3,4)11-13-20/h7-10,15,20H,6,11-14H2,1-5H3. The van der Waals surface area contributed by atoms with Crippen LogP contribution in [0.15, 0.2) is 24.3 Å². The molecule has 0 aliphatic rings. The van der Waals surface area contributed by atoms with E-state index in [1.165, 1.54) is 12.0 Å². The molecule has 0 saturated heterocycles. The van der Waals surface area contributed by atoms with Crippen molar-refractivity contribution in [3.63, 3.8) is 0 Å². The summed E-state index contributed by atoms with van der Waals surface area (Å²) < 4.78 is 5.92. The molecule has 3 heteroatoms. The molecule has 1 aromatic rings. The van der Waals surface area contributed by atoms with Gasteiger partial charge in [0, 0.05) is 19.1 Å². The molecule has 0 radical (unpaired) electrons. The van der Waals surface area contributed by atoms with Crippen molar-refractivity contribution in [1.82, 2.24) is 4.90 Å². The molecule has 1 N–H and O–H groups in total. The van der Waals surface area contributed by atoms with Gasteiger partial charge in [-0.3, -0.25) is 0 Å². The number of ether oxygens (including phenoxy) is 1. The van der Waals surface area contributed by atoms with Gasteiger partial charge in [0.1, 0.15) is 11.4 Å². The fourth-order valence-corrected chi connectivity index (χ4v) is 2.40. The smallest absolute Gasteiger partial charge is 0.120 e. The number of aliphatic hydroxyl groups excluding tert-OH is 1. The molecule has 0 amide bonds. The topological polar surface area (TPSA) is 32.7 Å². The number of nitrogens with zero attached hydrogens (tertiary/aromatic N) is 1. The van der Waals surface area contributed by atoms with Crippen LogP contribution in [0.4, 0.5) is 0 Å². The van der Waals surface area contributed by atoms with Gasteiger partial charge in [-0.1, -0.05) is 19.1 Å². The zero-order valence-electron chi connectivity index (χ0n) is 14.2. The van der Waals surface area contributed by atoms with Gasteiger partial charge in [0.25, 0.3) is 0 Å². The van der Waals surface area contributed by atoms with Crippen LogP contribution in [-0.4, -0.2) is 41.8 Å². The molecule has 0 bridgehead atoms. The molecular formula is C18H31NO2. The van der Waals surface area contributed by atoms with E-state index in [1.807, 2.05) is 26.0 Å². The van der Waals surface area contributed by atoms with Crippen molar-refractivity contribution in [2.45, 2.75) is 58.6 Å². The lowest BCUT2D eigenvalue weighted by Gasteiger charge is -2.26. The Labute approximate surface area is 129 Å². The molecule has 0 aromatic heterocycles. The minimum atomic E-state index is -0.328. The van der Waals surface area contributed by atoms with Crippen molar-refractivity contribution >= 4 is 0 Å². The van der Waals surface area contributed by atoms with Crippen molar-refractivity contribution in [2.75, 3.05) is 20.2 Å². The molecule has 0 spiro atoms. The van der Waals surface area contributed by atoms with Crippen LogP contribution in [0.2, 0.25) is 0 Å². The van der Waals surface area contributed by atoms with Gasteiger partial charge in [-0.2, -0.15) is 0 Å². The molecule has 0 aliphatic heterocycles. The average Bonchev–Trinajstić information content (AvgIpc) is 2.40. The van der Waals surface area contributed by atoms with E-state index in [2.05, 4.69) is 37.9 Å². The summed E-state index contributed by atoms with van der Waals surface area (Å²) in [6.45, 7) is 9.76. The van der Waals surface area contributed by atoms with Crippen LogP contribution < -0.4 is 4.74 Å². The van der Waals surface area contributed by atoms with E-state index in [9.17, 15) is 0 Å². The van der Waals surface area contributed by atoms with E-state index in [-0.39, 0.29) is 12.2 Å². The van der Waals surface area contributed by atoms with Gasteiger partial charge in [-0.15, -0.1) is 0 Å². The van der Waals surface area contributed by atoms with E-state index < -0.39 is 0 Å². The summed E-state index contributed by atoms with van der Waals surface area (Å²) in [5, 5.41) is 9.03. The first-order valence-corrected chi connectivity index (χ1v) is 7.97. The van der Waals surface area contributed by atoms with Crippen molar-refractivity contribution in [1.29, 1.82) is 0 Å². The molecule has 1 unspecified atom stereocenters. The summed E-state index contributed by atoms with van der Waals surface area (Å²) in [7, 11) is 2.18. The van der Waals surface area contributed by atoms with Crippen molar-refractivity contribution in [3.8, 4) is 5.75 Å². The van der Waals surface area contributed by atoms with Crippen LogP contribution in [0.3, 0.4) is 0 Å². The molecule has 1 aromatic carbocycles. The zero-order valence-corrected chi connectivity index (χ0v) is 14.2. The van der Waals surface area contributed by atoms with Crippen molar-refractivity contribution in [2.24, 2.45) is 0 Å². The minimum Gasteiger partial charge on any atom is -0.488 e. The second kappa shape index (κ2) is 8.40. The van der Waals surface area contributed by atoms with Gasteiger partial charge in [0.05, 0.1) is 0 Å². The first kappa shape index (κ1) is 18.0. The number of likely N-dealkylation sites (N-methyl/N-ethyl adjacent to an activating group) is 1. The van der Waals surface area contributed by atoms with Crippen LogP contribution in [0.5, 0.6) is 5.75 Å². The molecule has 3 nitrogen and oxygen atoms in total. The summed E-state index contributed by atoms with van der Waals surface area (Å²) in [6, 6.07) is 8.88.